The van der Waals surface area contributed by atoms with E-state index in [1.54, 1.807) is 35.2 Å². The van der Waals surface area contributed by atoms with Gasteiger partial charge in [0.1, 0.15) is 23.2 Å². The molecular formula is C22H18ClFN2O2. The highest BCUT2D eigenvalue weighted by atomic mass is 35.5. The molecular weight excluding hydrogens is 379 g/mol. The number of carbonyl (C=O) groups excluding carboxylic acids is 1. The molecule has 0 radical (unpaired) electrons. The van der Waals surface area contributed by atoms with E-state index < -0.39 is 11.7 Å². The summed E-state index contributed by atoms with van der Waals surface area (Å²) in [4.78, 5) is 13.1. The van der Waals surface area contributed by atoms with Crippen LogP contribution in [0.5, 0.6) is 0 Å². The number of hydrogen-bond donors (Lipinski definition) is 0. The number of benzene rings is 1. The van der Waals surface area contributed by atoms with E-state index in [0.717, 1.165) is 0 Å². The van der Waals surface area contributed by atoms with Crippen LogP contribution < -0.4 is 0 Å². The van der Waals surface area contributed by atoms with E-state index in [1.165, 1.54) is 12.1 Å². The predicted octanol–water partition coefficient (Wildman–Crippen LogP) is 5.43. The van der Waals surface area contributed by atoms with E-state index in [9.17, 15) is 14.4 Å². The average Bonchev–Trinajstić information content (AvgIpc) is 3.14. The van der Waals surface area contributed by atoms with Gasteiger partial charge in [-0.05, 0) is 29.7 Å². The fourth-order valence-electron chi connectivity index (χ4n) is 3.98. The predicted molar refractivity (Wildman–Crippen MR) is 104 cm³/mol. The molecule has 0 fully saturated rings. The van der Waals surface area contributed by atoms with Gasteiger partial charge in [0.25, 0.3) is 0 Å². The summed E-state index contributed by atoms with van der Waals surface area (Å²) in [5.41, 5.74) is 0.342. The lowest BCUT2D eigenvalue weighted by atomic mass is 9.70. The second kappa shape index (κ2) is 6.65. The maximum atomic E-state index is 14.9. The van der Waals surface area contributed by atoms with Crippen LogP contribution in [-0.2, 0) is 9.53 Å². The number of nitriles is 1. The van der Waals surface area contributed by atoms with Crippen LogP contribution in [0.2, 0.25) is 5.02 Å². The first-order valence-corrected chi connectivity index (χ1v) is 9.36. The van der Waals surface area contributed by atoms with Gasteiger partial charge in [-0.3, -0.25) is 9.36 Å². The third-order valence-electron chi connectivity index (χ3n) is 5.15. The van der Waals surface area contributed by atoms with Crippen LogP contribution in [0.1, 0.15) is 38.2 Å². The number of allylic oxidation sites excluding steroid dienone is 3. The molecule has 142 valence electrons. The van der Waals surface area contributed by atoms with Crippen molar-refractivity contribution in [3.8, 4) is 6.07 Å². The molecule has 2 heterocycles. The first-order valence-electron chi connectivity index (χ1n) is 8.98. The number of rotatable bonds is 2. The molecule has 1 aromatic carbocycles. The Labute approximate surface area is 167 Å². The zero-order valence-electron chi connectivity index (χ0n) is 15.5. The molecule has 1 atom stereocenters. The molecule has 0 bridgehead atoms. The Morgan fingerprint density at radius 1 is 1.25 bits per heavy atom. The highest BCUT2D eigenvalue weighted by Gasteiger charge is 2.45. The number of hydrogen-bond acceptors (Lipinski definition) is 3. The second-order valence-corrected chi connectivity index (χ2v) is 8.28. The molecule has 0 spiro atoms. The van der Waals surface area contributed by atoms with Crippen molar-refractivity contribution in [3.05, 3.63) is 76.0 Å². The van der Waals surface area contributed by atoms with Crippen LogP contribution >= 0.6 is 11.6 Å². The van der Waals surface area contributed by atoms with Crippen LogP contribution in [0.25, 0.3) is 5.88 Å². The molecule has 4 nitrogen and oxygen atoms in total. The van der Waals surface area contributed by atoms with Crippen LogP contribution in [0, 0.1) is 22.6 Å². The zero-order chi connectivity index (χ0) is 20.1. The number of carbonyl (C=O) groups is 1. The van der Waals surface area contributed by atoms with Crippen LogP contribution in [0.15, 0.2) is 59.6 Å². The van der Waals surface area contributed by atoms with Gasteiger partial charge in [-0.2, -0.15) is 5.26 Å². The lowest BCUT2D eigenvalue weighted by Gasteiger charge is -2.38. The van der Waals surface area contributed by atoms with Crippen molar-refractivity contribution < 1.29 is 13.9 Å². The van der Waals surface area contributed by atoms with Gasteiger partial charge < -0.3 is 4.74 Å². The van der Waals surface area contributed by atoms with Crippen molar-refractivity contribution in [2.45, 2.75) is 32.6 Å². The van der Waals surface area contributed by atoms with Crippen molar-refractivity contribution in [2.24, 2.45) is 5.41 Å². The fourth-order valence-corrected chi connectivity index (χ4v) is 4.25. The molecule has 0 unspecified atom stereocenters. The minimum absolute atomic E-state index is 0.134. The summed E-state index contributed by atoms with van der Waals surface area (Å²) in [6.07, 6.45) is 4.30. The van der Waals surface area contributed by atoms with Crippen LogP contribution in [-0.4, -0.2) is 10.4 Å². The zero-order valence-corrected chi connectivity index (χ0v) is 16.3. The van der Waals surface area contributed by atoms with Crippen molar-refractivity contribution in [1.29, 1.82) is 5.26 Å². The Morgan fingerprint density at radius 2 is 1.96 bits per heavy atom. The molecule has 2 aliphatic rings. The van der Waals surface area contributed by atoms with E-state index in [2.05, 4.69) is 6.07 Å². The summed E-state index contributed by atoms with van der Waals surface area (Å²) in [7, 11) is 0. The van der Waals surface area contributed by atoms with Gasteiger partial charge in [0.05, 0.1) is 5.92 Å². The molecule has 4 rings (SSSR count). The summed E-state index contributed by atoms with van der Waals surface area (Å²) >= 11 is 6.34. The van der Waals surface area contributed by atoms with Gasteiger partial charge in [-0.1, -0.05) is 31.5 Å². The van der Waals surface area contributed by atoms with Crippen LogP contribution in [0.4, 0.5) is 4.39 Å². The number of ketones is 1. The van der Waals surface area contributed by atoms with Crippen molar-refractivity contribution in [3.63, 3.8) is 0 Å². The van der Waals surface area contributed by atoms with Gasteiger partial charge in [-0.15, -0.1) is 0 Å². The summed E-state index contributed by atoms with van der Waals surface area (Å²) in [6.45, 7) is 3.98. The van der Waals surface area contributed by atoms with Crippen LogP contribution in [0.3, 0.4) is 0 Å². The standard InChI is InChI=1S/C22H18ClFN2O2/c1-22(2)10-16(27)20-17(11-22)28-21(26-8-3-4-9-26)13(12-25)18(20)19-14(23)6-5-7-15(19)24/h3-9,18H,10-11H2,1-2H3/t18-/m1/s1. The molecule has 0 amide bonds. The highest BCUT2D eigenvalue weighted by Crippen LogP contribution is 2.50. The summed E-state index contributed by atoms with van der Waals surface area (Å²) in [5, 5.41) is 10.1. The first-order chi connectivity index (χ1) is 13.3. The van der Waals surface area contributed by atoms with E-state index in [4.69, 9.17) is 16.3 Å². The molecule has 1 aromatic heterocycles. The summed E-state index contributed by atoms with van der Waals surface area (Å²) < 4.78 is 22.6. The van der Waals surface area contributed by atoms with Gasteiger partial charge in [-0.25, -0.2) is 4.39 Å². The third kappa shape index (κ3) is 2.94. The normalized spacial score (nSPS) is 21.2. The lowest BCUT2D eigenvalue weighted by molar-refractivity contribution is -0.118. The Hall–Kier alpha value is -2.84. The SMILES string of the molecule is CC1(C)CC(=O)C2=C(C1)OC(n1cccc1)=C(C#N)[C@@H]2c1c(F)cccc1Cl. The fraction of sp³-hybridized carbons (Fsp3) is 0.273. The lowest BCUT2D eigenvalue weighted by Crippen LogP contribution is -2.33. The molecule has 1 aliphatic heterocycles. The molecule has 1 aliphatic carbocycles. The van der Waals surface area contributed by atoms with E-state index in [1.807, 2.05) is 13.8 Å². The molecule has 2 aromatic rings. The Balaban J connectivity index is 2.01. The summed E-state index contributed by atoms with van der Waals surface area (Å²) in [5.74, 6) is -0.837. The van der Waals surface area contributed by atoms with E-state index >= 15 is 0 Å². The molecule has 0 saturated carbocycles. The molecule has 0 N–H and O–H groups in total. The minimum atomic E-state index is -0.900. The number of aromatic nitrogens is 1. The van der Waals surface area contributed by atoms with E-state index in [-0.39, 0.29) is 33.2 Å². The van der Waals surface area contributed by atoms with Gasteiger partial charge in [0.15, 0.2) is 5.78 Å². The maximum Gasteiger partial charge on any atom is 0.218 e. The Kier molecular flexibility index (Phi) is 4.40. The van der Waals surface area contributed by atoms with Gasteiger partial charge >= 0.3 is 0 Å². The maximum absolute atomic E-state index is 14.9. The minimum Gasteiger partial charge on any atom is -0.443 e. The van der Waals surface area contributed by atoms with Gasteiger partial charge in [0.2, 0.25) is 5.88 Å². The number of nitrogens with zero attached hydrogens (tertiary/aromatic N) is 2. The topological polar surface area (TPSA) is 55.0 Å². The Morgan fingerprint density at radius 3 is 2.61 bits per heavy atom. The van der Waals surface area contributed by atoms with Crippen molar-refractivity contribution in [2.75, 3.05) is 0 Å². The first kappa shape index (κ1) is 18.5. The number of ether oxygens (including phenoxy) is 1. The monoisotopic (exact) mass is 396 g/mol. The number of halogens is 2. The molecule has 28 heavy (non-hydrogen) atoms. The van der Waals surface area contributed by atoms with E-state index in [0.29, 0.717) is 24.2 Å². The van der Waals surface area contributed by atoms with Crippen molar-refractivity contribution in [1.82, 2.24) is 4.57 Å². The Bertz CT molecular complexity index is 1050. The van der Waals surface area contributed by atoms with Crippen molar-refractivity contribution >= 4 is 23.3 Å². The third-order valence-corrected chi connectivity index (χ3v) is 5.48. The average molecular weight is 397 g/mol. The smallest absolute Gasteiger partial charge is 0.218 e. The second-order valence-electron chi connectivity index (χ2n) is 7.87. The summed E-state index contributed by atoms with van der Waals surface area (Å²) in [6, 6.07) is 10.1. The largest absolute Gasteiger partial charge is 0.443 e. The number of Topliss-reactive ketones (excluding diaryl/α,β-unsaturated/α-hetero) is 1. The molecule has 6 heteroatoms. The molecule has 0 saturated heterocycles. The van der Waals surface area contributed by atoms with Gasteiger partial charge in [0, 0.05) is 41.4 Å². The quantitative estimate of drug-likeness (QED) is 0.680. The highest BCUT2D eigenvalue weighted by molar-refractivity contribution is 6.31.